The van der Waals surface area contributed by atoms with Gasteiger partial charge in [0, 0.05) is 5.56 Å². The summed E-state index contributed by atoms with van der Waals surface area (Å²) in [7, 11) is 0. The molecule has 1 saturated heterocycles. The fourth-order valence-corrected chi connectivity index (χ4v) is 1.76. The van der Waals surface area contributed by atoms with Crippen LogP contribution in [0.3, 0.4) is 0 Å². The molecule has 0 amide bonds. The van der Waals surface area contributed by atoms with Gasteiger partial charge in [-0.2, -0.15) is 0 Å². The van der Waals surface area contributed by atoms with Gasteiger partial charge in [-0.05, 0) is 24.6 Å². The lowest BCUT2D eigenvalue weighted by Crippen LogP contribution is -2.11. The molecule has 0 aromatic heterocycles. The van der Waals surface area contributed by atoms with Crippen molar-refractivity contribution >= 4 is 11.6 Å². The average molecular weight is 231 g/mol. The maximum absolute atomic E-state index is 12.9. The van der Waals surface area contributed by atoms with Crippen LogP contribution in [0.1, 0.15) is 17.4 Å². The van der Waals surface area contributed by atoms with Crippen LogP contribution >= 0.6 is 11.6 Å². The maximum Gasteiger partial charge on any atom is 0.184 e. The van der Waals surface area contributed by atoms with Crippen LogP contribution in [0.5, 0.6) is 0 Å². The van der Waals surface area contributed by atoms with Crippen molar-refractivity contribution < 1.29 is 13.9 Å². The Morgan fingerprint density at radius 1 is 1.53 bits per heavy atom. The van der Waals surface area contributed by atoms with Crippen LogP contribution in [0.2, 0.25) is 0 Å². The Morgan fingerprint density at radius 2 is 2.33 bits per heavy atom. The Hall–Kier alpha value is -0.640. The summed E-state index contributed by atoms with van der Waals surface area (Å²) in [6.07, 6.45) is -0.476. The predicted octanol–water partition coefficient (Wildman–Crippen LogP) is 2.79. The fraction of sp³-hybridized carbons (Fsp3) is 0.455. The van der Waals surface area contributed by atoms with Crippen LogP contribution in [-0.4, -0.2) is 18.6 Å². The van der Waals surface area contributed by atoms with Gasteiger partial charge in [-0.25, -0.2) is 4.39 Å². The maximum atomic E-state index is 12.9. The molecular weight excluding hydrogens is 219 g/mol. The SMILES string of the molecule is Cc1cc(F)ccc1C1OCC(CCl)O1. The summed E-state index contributed by atoms with van der Waals surface area (Å²) in [6.45, 7) is 2.32. The zero-order chi connectivity index (χ0) is 10.8. The third-order valence-corrected chi connectivity index (χ3v) is 2.75. The highest BCUT2D eigenvalue weighted by Gasteiger charge is 2.27. The summed E-state index contributed by atoms with van der Waals surface area (Å²) in [5.74, 6) is 0.166. The first-order valence-electron chi connectivity index (χ1n) is 4.80. The van der Waals surface area contributed by atoms with E-state index in [1.54, 1.807) is 6.07 Å². The number of aryl methyl sites for hydroxylation is 1. The minimum Gasteiger partial charge on any atom is -0.346 e. The zero-order valence-electron chi connectivity index (χ0n) is 8.37. The topological polar surface area (TPSA) is 18.5 Å². The lowest BCUT2D eigenvalue weighted by Gasteiger charge is -2.13. The van der Waals surface area contributed by atoms with E-state index in [1.165, 1.54) is 12.1 Å². The van der Waals surface area contributed by atoms with Crippen molar-refractivity contribution in [2.24, 2.45) is 0 Å². The molecule has 1 fully saturated rings. The Kier molecular flexibility index (Phi) is 3.24. The van der Waals surface area contributed by atoms with Crippen LogP contribution < -0.4 is 0 Å². The van der Waals surface area contributed by atoms with E-state index in [-0.39, 0.29) is 11.9 Å². The first-order chi connectivity index (χ1) is 7.20. The molecule has 0 radical (unpaired) electrons. The molecule has 1 aliphatic rings. The number of hydrogen-bond acceptors (Lipinski definition) is 2. The number of halogens is 2. The van der Waals surface area contributed by atoms with Crippen molar-refractivity contribution in [2.75, 3.05) is 12.5 Å². The first-order valence-corrected chi connectivity index (χ1v) is 5.33. The molecule has 1 aliphatic heterocycles. The number of rotatable bonds is 2. The highest BCUT2D eigenvalue weighted by molar-refractivity contribution is 6.18. The van der Waals surface area contributed by atoms with Gasteiger partial charge in [-0.1, -0.05) is 6.07 Å². The Bertz CT molecular complexity index is 356. The number of ether oxygens (including phenoxy) is 2. The predicted molar refractivity (Wildman–Crippen MR) is 55.4 cm³/mol. The summed E-state index contributed by atoms with van der Waals surface area (Å²) >= 11 is 5.66. The van der Waals surface area contributed by atoms with Gasteiger partial charge in [-0.15, -0.1) is 11.6 Å². The standard InChI is InChI=1S/C11H12ClFO2/c1-7-4-8(13)2-3-10(7)11-14-6-9(5-12)15-11/h2-4,9,11H,5-6H2,1H3. The molecule has 2 nitrogen and oxygen atoms in total. The minimum absolute atomic E-state index is 0.0684. The van der Waals surface area contributed by atoms with Crippen molar-refractivity contribution in [1.82, 2.24) is 0 Å². The van der Waals surface area contributed by atoms with Crippen molar-refractivity contribution in [3.05, 3.63) is 35.1 Å². The highest BCUT2D eigenvalue weighted by Crippen LogP contribution is 2.29. The summed E-state index contributed by atoms with van der Waals surface area (Å²) in [5.41, 5.74) is 1.69. The second kappa shape index (κ2) is 4.47. The van der Waals surface area contributed by atoms with E-state index in [9.17, 15) is 4.39 Å². The Balaban J connectivity index is 2.17. The number of benzene rings is 1. The molecule has 1 aromatic rings. The number of alkyl halides is 1. The monoisotopic (exact) mass is 230 g/mol. The molecule has 1 heterocycles. The average Bonchev–Trinajstić information content (AvgIpc) is 2.66. The Morgan fingerprint density at radius 3 is 2.93 bits per heavy atom. The highest BCUT2D eigenvalue weighted by atomic mass is 35.5. The van der Waals surface area contributed by atoms with Gasteiger partial charge in [0.05, 0.1) is 18.6 Å². The van der Waals surface area contributed by atoms with Gasteiger partial charge in [0.25, 0.3) is 0 Å². The van der Waals surface area contributed by atoms with Crippen LogP contribution in [0.4, 0.5) is 4.39 Å². The lowest BCUT2D eigenvalue weighted by atomic mass is 10.1. The Labute approximate surface area is 92.9 Å². The van der Waals surface area contributed by atoms with E-state index < -0.39 is 6.29 Å². The molecule has 2 unspecified atom stereocenters. The summed E-state index contributed by atoms with van der Waals surface area (Å²) in [4.78, 5) is 0. The molecule has 1 aromatic carbocycles. The van der Waals surface area contributed by atoms with Gasteiger partial charge < -0.3 is 9.47 Å². The number of hydrogen-bond donors (Lipinski definition) is 0. The smallest absolute Gasteiger partial charge is 0.184 e. The van der Waals surface area contributed by atoms with Gasteiger partial charge in [0.2, 0.25) is 0 Å². The van der Waals surface area contributed by atoms with Crippen molar-refractivity contribution in [3.8, 4) is 0 Å². The summed E-state index contributed by atoms with van der Waals surface area (Å²) < 4.78 is 23.8. The molecule has 15 heavy (non-hydrogen) atoms. The van der Waals surface area contributed by atoms with Gasteiger partial charge in [0.1, 0.15) is 5.82 Å². The second-order valence-corrected chi connectivity index (χ2v) is 3.89. The van der Waals surface area contributed by atoms with E-state index in [0.29, 0.717) is 12.5 Å². The van der Waals surface area contributed by atoms with E-state index in [4.69, 9.17) is 21.1 Å². The van der Waals surface area contributed by atoms with Crippen LogP contribution in [0, 0.1) is 12.7 Å². The van der Waals surface area contributed by atoms with Gasteiger partial charge >= 0.3 is 0 Å². The molecule has 0 aliphatic carbocycles. The fourth-order valence-electron chi connectivity index (χ4n) is 1.60. The van der Waals surface area contributed by atoms with E-state index in [1.807, 2.05) is 6.92 Å². The summed E-state index contributed by atoms with van der Waals surface area (Å²) in [6, 6.07) is 4.56. The minimum atomic E-state index is -0.408. The lowest BCUT2D eigenvalue weighted by molar-refractivity contribution is -0.0571. The van der Waals surface area contributed by atoms with Crippen LogP contribution in [0.25, 0.3) is 0 Å². The molecule has 4 heteroatoms. The molecule has 2 rings (SSSR count). The molecule has 0 saturated carbocycles. The van der Waals surface area contributed by atoms with Crippen molar-refractivity contribution in [2.45, 2.75) is 19.3 Å². The molecule has 2 atom stereocenters. The van der Waals surface area contributed by atoms with Crippen LogP contribution in [-0.2, 0) is 9.47 Å². The molecule has 0 N–H and O–H groups in total. The quantitative estimate of drug-likeness (QED) is 0.728. The first kappa shape index (κ1) is 10.9. The van der Waals surface area contributed by atoms with E-state index in [0.717, 1.165) is 11.1 Å². The third-order valence-electron chi connectivity index (χ3n) is 2.41. The van der Waals surface area contributed by atoms with Crippen molar-refractivity contribution in [1.29, 1.82) is 0 Å². The second-order valence-electron chi connectivity index (χ2n) is 3.58. The molecule has 0 bridgehead atoms. The van der Waals surface area contributed by atoms with Crippen LogP contribution in [0.15, 0.2) is 18.2 Å². The summed E-state index contributed by atoms with van der Waals surface area (Å²) in [5, 5.41) is 0. The largest absolute Gasteiger partial charge is 0.346 e. The zero-order valence-corrected chi connectivity index (χ0v) is 9.13. The third kappa shape index (κ3) is 2.30. The van der Waals surface area contributed by atoms with E-state index >= 15 is 0 Å². The van der Waals surface area contributed by atoms with E-state index in [2.05, 4.69) is 0 Å². The van der Waals surface area contributed by atoms with Gasteiger partial charge in [0.15, 0.2) is 6.29 Å². The normalized spacial score (nSPS) is 25.8. The van der Waals surface area contributed by atoms with Gasteiger partial charge in [-0.3, -0.25) is 0 Å². The molecular formula is C11H12ClFO2. The molecule has 0 spiro atoms. The molecule has 82 valence electrons. The van der Waals surface area contributed by atoms with Crippen molar-refractivity contribution in [3.63, 3.8) is 0 Å².